The minimum Gasteiger partial charge on any atom is -0.508 e. The van der Waals surface area contributed by atoms with Crippen molar-refractivity contribution in [3.05, 3.63) is 53.8 Å². The number of halogens is 1. The molecule has 2 aromatic rings. The zero-order valence-electron chi connectivity index (χ0n) is 17.1. The van der Waals surface area contributed by atoms with Crippen LogP contribution in [0.1, 0.15) is 26.3 Å². The summed E-state index contributed by atoms with van der Waals surface area (Å²) in [5, 5.41) is 11.5. The summed E-state index contributed by atoms with van der Waals surface area (Å²) >= 11 is 0. The molecule has 2 N–H and O–H groups in total. The number of anilines is 1. The molecular weight excluding hydrogens is 381 g/mol. The van der Waals surface area contributed by atoms with Crippen LogP contribution in [0.5, 0.6) is 11.5 Å². The third-order valence-corrected chi connectivity index (χ3v) is 3.33. The molecule has 0 fully saturated rings. The molecule has 0 aromatic heterocycles. The highest BCUT2D eigenvalue weighted by Crippen LogP contribution is 2.17. The summed E-state index contributed by atoms with van der Waals surface area (Å²) < 4.78 is 27.5. The predicted octanol–water partition coefficient (Wildman–Crippen LogP) is 4.29. The van der Waals surface area contributed by atoms with Crippen molar-refractivity contribution in [2.24, 2.45) is 0 Å². The Balaban J connectivity index is 0.000000296. The molecule has 0 saturated carbocycles. The second-order valence-electron chi connectivity index (χ2n) is 6.88. The van der Waals surface area contributed by atoms with Crippen LogP contribution in [-0.4, -0.2) is 37.0 Å². The summed E-state index contributed by atoms with van der Waals surface area (Å²) in [7, 11) is 2.83. The average molecular weight is 407 g/mol. The number of ether oxygens (including phenoxy) is 3. The zero-order valence-corrected chi connectivity index (χ0v) is 17.1. The van der Waals surface area contributed by atoms with Crippen molar-refractivity contribution >= 4 is 17.7 Å². The maximum absolute atomic E-state index is 13.0. The monoisotopic (exact) mass is 407 g/mol. The van der Waals surface area contributed by atoms with Gasteiger partial charge in [0.2, 0.25) is 0 Å². The molecule has 0 aliphatic rings. The molecule has 2 aromatic carbocycles. The van der Waals surface area contributed by atoms with Crippen LogP contribution in [0.25, 0.3) is 0 Å². The van der Waals surface area contributed by atoms with Crippen LogP contribution in [0.15, 0.2) is 42.5 Å². The molecular formula is C21H26FNO6. The molecule has 29 heavy (non-hydrogen) atoms. The Labute approximate surface area is 169 Å². The van der Waals surface area contributed by atoms with Crippen LogP contribution >= 0.6 is 0 Å². The summed E-state index contributed by atoms with van der Waals surface area (Å²) in [4.78, 5) is 22.2. The molecule has 2 rings (SSSR count). The summed E-state index contributed by atoms with van der Waals surface area (Å²) in [5.74, 6) is -0.532. The summed E-state index contributed by atoms with van der Waals surface area (Å²) in [5.41, 5.74) is 0.399. The van der Waals surface area contributed by atoms with Gasteiger partial charge in [0.15, 0.2) is 0 Å². The van der Waals surface area contributed by atoms with Gasteiger partial charge in [-0.2, -0.15) is 0 Å². The van der Waals surface area contributed by atoms with E-state index in [4.69, 9.17) is 14.6 Å². The first-order chi connectivity index (χ1) is 13.5. The molecule has 1 amide bonds. The van der Waals surface area contributed by atoms with Crippen LogP contribution in [-0.2, 0) is 20.7 Å². The molecule has 0 radical (unpaired) electrons. The first-order valence-electron chi connectivity index (χ1n) is 8.72. The predicted molar refractivity (Wildman–Crippen MR) is 107 cm³/mol. The fourth-order valence-electron chi connectivity index (χ4n) is 2.00. The SMILES string of the molecule is COC(=O)Cc1ccc(O)cc1F.COc1ccc(NC(=O)OC(C)(C)C)cc1. The Morgan fingerprint density at radius 1 is 1.07 bits per heavy atom. The standard InChI is InChI=1S/C12H17NO3.C9H9FO3/c1-12(2,3)16-11(14)13-9-5-7-10(15-4)8-6-9;1-13-9(12)4-6-2-3-7(11)5-8(6)10/h5-8H,1-4H3,(H,13,14);2-3,5,11H,4H2,1H3. The van der Waals surface area contributed by atoms with E-state index in [9.17, 15) is 14.0 Å². The van der Waals surface area contributed by atoms with Gasteiger partial charge in [-0.15, -0.1) is 0 Å². The quantitative estimate of drug-likeness (QED) is 0.735. The number of hydrogen-bond donors (Lipinski definition) is 2. The number of phenols is 1. The number of phenolic OH excluding ortho intramolecular Hbond substituents is 1. The third-order valence-electron chi connectivity index (χ3n) is 3.33. The largest absolute Gasteiger partial charge is 0.508 e. The second-order valence-corrected chi connectivity index (χ2v) is 6.88. The van der Waals surface area contributed by atoms with Crippen molar-refractivity contribution in [1.29, 1.82) is 0 Å². The molecule has 7 nitrogen and oxygen atoms in total. The van der Waals surface area contributed by atoms with Crippen LogP contribution < -0.4 is 10.1 Å². The van der Waals surface area contributed by atoms with Crippen molar-refractivity contribution in [1.82, 2.24) is 0 Å². The molecule has 8 heteroatoms. The van der Waals surface area contributed by atoms with E-state index >= 15 is 0 Å². The lowest BCUT2D eigenvalue weighted by Crippen LogP contribution is -2.27. The number of carbonyl (C=O) groups is 2. The topological polar surface area (TPSA) is 94.1 Å². The summed E-state index contributed by atoms with van der Waals surface area (Å²) in [6, 6.07) is 10.7. The average Bonchev–Trinajstić information content (AvgIpc) is 2.63. The van der Waals surface area contributed by atoms with Crippen molar-refractivity contribution in [3.8, 4) is 11.5 Å². The van der Waals surface area contributed by atoms with Gasteiger partial charge in [-0.1, -0.05) is 6.07 Å². The van der Waals surface area contributed by atoms with Crippen LogP contribution in [0.3, 0.4) is 0 Å². The lowest BCUT2D eigenvalue weighted by molar-refractivity contribution is -0.139. The lowest BCUT2D eigenvalue weighted by Gasteiger charge is -2.19. The van der Waals surface area contributed by atoms with Gasteiger partial charge in [0.25, 0.3) is 0 Å². The molecule has 0 saturated heterocycles. The van der Waals surface area contributed by atoms with E-state index in [2.05, 4.69) is 10.1 Å². The number of hydrogen-bond acceptors (Lipinski definition) is 6. The van der Waals surface area contributed by atoms with Gasteiger partial charge in [0.05, 0.1) is 20.6 Å². The van der Waals surface area contributed by atoms with Gasteiger partial charge in [0, 0.05) is 11.8 Å². The van der Waals surface area contributed by atoms with Crippen molar-refractivity contribution < 1.29 is 33.3 Å². The first-order valence-corrected chi connectivity index (χ1v) is 8.72. The van der Waals surface area contributed by atoms with E-state index < -0.39 is 23.5 Å². The molecule has 0 heterocycles. The number of nitrogens with one attached hydrogen (secondary N) is 1. The Morgan fingerprint density at radius 2 is 1.69 bits per heavy atom. The van der Waals surface area contributed by atoms with Crippen LogP contribution in [0, 0.1) is 5.82 Å². The van der Waals surface area contributed by atoms with Gasteiger partial charge in [-0.25, -0.2) is 9.18 Å². The Hall–Kier alpha value is -3.29. The van der Waals surface area contributed by atoms with E-state index in [0.29, 0.717) is 5.69 Å². The van der Waals surface area contributed by atoms with Gasteiger partial charge < -0.3 is 19.3 Å². The zero-order chi connectivity index (χ0) is 22.0. The van der Waals surface area contributed by atoms with E-state index in [1.165, 1.54) is 19.2 Å². The Morgan fingerprint density at radius 3 is 2.17 bits per heavy atom. The number of carbonyl (C=O) groups excluding carboxylic acids is 2. The molecule has 0 aliphatic heterocycles. The highest BCUT2D eigenvalue weighted by atomic mass is 19.1. The van der Waals surface area contributed by atoms with Gasteiger partial charge in [-0.3, -0.25) is 10.1 Å². The number of esters is 1. The first kappa shape index (κ1) is 23.7. The number of methoxy groups -OCH3 is 2. The fourth-order valence-corrected chi connectivity index (χ4v) is 2.00. The van der Waals surface area contributed by atoms with Crippen molar-refractivity contribution in [3.63, 3.8) is 0 Å². The number of amides is 1. The molecule has 0 spiro atoms. The summed E-state index contributed by atoms with van der Waals surface area (Å²) in [6.07, 6.45) is -0.583. The van der Waals surface area contributed by atoms with Gasteiger partial charge in [-0.05, 0) is 56.7 Å². The minimum atomic E-state index is -0.606. The third kappa shape index (κ3) is 9.46. The van der Waals surface area contributed by atoms with Gasteiger partial charge >= 0.3 is 12.1 Å². The highest BCUT2D eigenvalue weighted by molar-refractivity contribution is 5.84. The number of aromatic hydroxyl groups is 1. The van der Waals surface area contributed by atoms with Gasteiger partial charge in [0.1, 0.15) is 22.9 Å². The molecule has 0 unspecified atom stereocenters. The molecule has 158 valence electrons. The van der Waals surface area contributed by atoms with E-state index in [-0.39, 0.29) is 17.7 Å². The van der Waals surface area contributed by atoms with Crippen molar-refractivity contribution in [2.75, 3.05) is 19.5 Å². The molecule has 0 atom stereocenters. The summed E-state index contributed by atoms with van der Waals surface area (Å²) in [6.45, 7) is 5.46. The van der Waals surface area contributed by atoms with Crippen molar-refractivity contribution in [2.45, 2.75) is 32.8 Å². The maximum Gasteiger partial charge on any atom is 0.412 e. The number of benzene rings is 2. The fraction of sp³-hybridized carbons (Fsp3) is 0.333. The second kappa shape index (κ2) is 10.9. The Bertz CT molecular complexity index is 815. The minimum absolute atomic E-state index is 0.122. The van der Waals surface area contributed by atoms with E-state index in [0.717, 1.165) is 11.8 Å². The van der Waals surface area contributed by atoms with E-state index in [1.807, 2.05) is 20.8 Å². The highest BCUT2D eigenvalue weighted by Gasteiger charge is 2.16. The number of rotatable bonds is 4. The van der Waals surface area contributed by atoms with E-state index in [1.54, 1.807) is 31.4 Å². The normalized spacial score (nSPS) is 10.3. The van der Waals surface area contributed by atoms with Crippen LogP contribution in [0.2, 0.25) is 0 Å². The Kier molecular flexibility index (Phi) is 8.92. The van der Waals surface area contributed by atoms with Crippen LogP contribution in [0.4, 0.5) is 14.9 Å². The molecule has 0 bridgehead atoms. The lowest BCUT2D eigenvalue weighted by atomic mass is 10.1. The maximum atomic E-state index is 13.0. The smallest absolute Gasteiger partial charge is 0.412 e. The molecule has 0 aliphatic carbocycles.